The summed E-state index contributed by atoms with van der Waals surface area (Å²) in [6.45, 7) is 4.47. The van der Waals surface area contributed by atoms with Crippen molar-refractivity contribution in [2.75, 3.05) is 25.2 Å². The van der Waals surface area contributed by atoms with Gasteiger partial charge in [0.15, 0.2) is 0 Å². The number of hydrogen-bond donors (Lipinski definition) is 2. The Morgan fingerprint density at radius 1 is 1.05 bits per heavy atom. The van der Waals surface area contributed by atoms with Crippen LogP contribution in [-0.2, 0) is 25.9 Å². The highest BCUT2D eigenvalue weighted by atomic mass is 32.2. The van der Waals surface area contributed by atoms with Crippen molar-refractivity contribution in [1.82, 2.24) is 10.2 Å². The molecule has 2 aromatic rings. The molecule has 0 unspecified atom stereocenters. The fourth-order valence-corrected chi connectivity index (χ4v) is 6.48. The van der Waals surface area contributed by atoms with Crippen LogP contribution in [0.2, 0.25) is 0 Å². The van der Waals surface area contributed by atoms with E-state index in [9.17, 15) is 23.1 Å². The van der Waals surface area contributed by atoms with Gasteiger partial charge in [-0.25, -0.2) is 13.2 Å². The Balaban J connectivity index is 0.00000462. The van der Waals surface area contributed by atoms with E-state index >= 15 is 0 Å². The molecular formula is C32H46N2O6S. The molecule has 1 saturated heterocycles. The van der Waals surface area contributed by atoms with Gasteiger partial charge in [-0.05, 0) is 80.0 Å². The Kier molecular flexibility index (Phi) is 11.9. The van der Waals surface area contributed by atoms with Crippen LogP contribution in [0.25, 0.3) is 11.1 Å². The summed E-state index contributed by atoms with van der Waals surface area (Å²) in [6, 6.07) is 12.6. The lowest BCUT2D eigenvalue weighted by molar-refractivity contribution is -0.139. The molecule has 2 aromatic carbocycles. The molecule has 1 amide bonds. The van der Waals surface area contributed by atoms with Gasteiger partial charge in [-0.2, -0.15) is 0 Å². The van der Waals surface area contributed by atoms with Crippen LogP contribution >= 0.6 is 0 Å². The van der Waals surface area contributed by atoms with Crippen LogP contribution in [0.4, 0.5) is 0 Å². The average Bonchev–Trinajstić information content (AvgIpc) is 3.36. The molecule has 0 radical (unpaired) electrons. The van der Waals surface area contributed by atoms with Gasteiger partial charge < -0.3 is 15.2 Å². The second-order valence-corrected chi connectivity index (χ2v) is 13.6. The average molecular weight is 587 g/mol. The predicted octanol–water partition coefficient (Wildman–Crippen LogP) is 5.23. The molecular weight excluding hydrogens is 540 g/mol. The van der Waals surface area contributed by atoms with E-state index in [2.05, 4.69) is 10.2 Å². The number of likely N-dealkylation sites (tertiary alicyclic amines) is 1. The molecule has 8 nitrogen and oxygen atoms in total. The number of carbonyl (C=O) groups excluding carboxylic acids is 1. The maximum Gasteiger partial charge on any atom is 0.326 e. The van der Waals surface area contributed by atoms with E-state index in [0.29, 0.717) is 17.7 Å². The first-order chi connectivity index (χ1) is 19.1. The third-order valence-corrected chi connectivity index (χ3v) is 9.08. The van der Waals surface area contributed by atoms with Crippen LogP contribution < -0.4 is 5.32 Å². The number of amides is 1. The summed E-state index contributed by atoms with van der Waals surface area (Å²) in [5.41, 5.74) is 4.07. The second-order valence-electron chi connectivity index (χ2n) is 11.3. The number of aryl methyl sites for hydroxylation is 1. The van der Waals surface area contributed by atoms with Crippen molar-refractivity contribution in [3.05, 3.63) is 59.2 Å². The maximum absolute atomic E-state index is 13.4. The lowest BCUT2D eigenvalue weighted by Crippen LogP contribution is -2.42. The molecule has 2 fully saturated rings. The highest BCUT2D eigenvalue weighted by Gasteiger charge is 2.28. The number of nitrogens with one attached hydrogen (secondary N) is 1. The summed E-state index contributed by atoms with van der Waals surface area (Å²) in [5, 5.41) is 12.2. The first-order valence-electron chi connectivity index (χ1n) is 14.4. The molecule has 4 rings (SSSR count). The predicted molar refractivity (Wildman–Crippen MR) is 163 cm³/mol. The van der Waals surface area contributed by atoms with Crippen molar-refractivity contribution >= 4 is 21.7 Å². The van der Waals surface area contributed by atoms with Gasteiger partial charge in [0, 0.05) is 24.4 Å². The Labute approximate surface area is 245 Å². The normalized spacial score (nSPS) is 18.9. The van der Waals surface area contributed by atoms with Crippen molar-refractivity contribution in [2.24, 2.45) is 0 Å². The monoisotopic (exact) mass is 586 g/mol. The molecule has 0 spiro atoms. The smallest absolute Gasteiger partial charge is 0.326 e. The third-order valence-electron chi connectivity index (χ3n) is 8.11. The van der Waals surface area contributed by atoms with Crippen LogP contribution in [0, 0.1) is 6.92 Å². The number of sulfone groups is 1. The van der Waals surface area contributed by atoms with Crippen LogP contribution in [0.1, 0.15) is 80.3 Å². The minimum absolute atomic E-state index is 0. The fourth-order valence-electron chi connectivity index (χ4n) is 5.82. The van der Waals surface area contributed by atoms with Gasteiger partial charge in [-0.1, -0.05) is 57.0 Å². The van der Waals surface area contributed by atoms with E-state index in [1.54, 1.807) is 6.07 Å². The standard InChI is InChI=1S/C31H42N2O6S.CH4/c1-22-9-6-7-13-26(22)28-19-23(20-33-17-8-10-24(33)21-39-25-11-4-3-5-12-25)14-15-27(28)30(34)32-29(31(35)36)16-18-40(2,37)38;/h6-7,9,13-15,19,24-25,29H,3-5,8,10-12,16-18,20-21H2,1-2H3,(H,32,34)(H,35,36);1H4/t24-,29-;/m0./s1. The van der Waals surface area contributed by atoms with Gasteiger partial charge >= 0.3 is 5.97 Å². The zero-order chi connectivity index (χ0) is 28.7. The number of carboxylic acid groups (broad SMARTS) is 1. The largest absolute Gasteiger partial charge is 0.480 e. The topological polar surface area (TPSA) is 113 Å². The number of carboxylic acids is 1. The summed E-state index contributed by atoms with van der Waals surface area (Å²) in [6.07, 6.45) is 9.62. The highest BCUT2D eigenvalue weighted by Crippen LogP contribution is 2.30. The van der Waals surface area contributed by atoms with Crippen molar-refractivity contribution in [3.8, 4) is 11.1 Å². The van der Waals surface area contributed by atoms with Gasteiger partial charge in [-0.3, -0.25) is 9.69 Å². The van der Waals surface area contributed by atoms with Crippen LogP contribution in [0.5, 0.6) is 0 Å². The molecule has 1 aliphatic carbocycles. The number of aliphatic carboxylic acids is 1. The molecule has 2 aliphatic rings. The van der Waals surface area contributed by atoms with E-state index in [0.717, 1.165) is 73.9 Å². The van der Waals surface area contributed by atoms with Gasteiger partial charge in [0.05, 0.1) is 18.5 Å². The van der Waals surface area contributed by atoms with Crippen molar-refractivity contribution in [1.29, 1.82) is 0 Å². The van der Waals surface area contributed by atoms with E-state index in [-0.39, 0.29) is 19.6 Å². The Morgan fingerprint density at radius 3 is 2.46 bits per heavy atom. The first kappa shape index (κ1) is 32.8. The number of carbonyl (C=O) groups is 2. The van der Waals surface area contributed by atoms with Crippen LogP contribution in [0.15, 0.2) is 42.5 Å². The molecule has 226 valence electrons. The number of hydrogen-bond acceptors (Lipinski definition) is 6. The number of benzene rings is 2. The minimum atomic E-state index is -3.37. The quantitative estimate of drug-likeness (QED) is 0.350. The van der Waals surface area contributed by atoms with E-state index in [1.165, 1.54) is 19.3 Å². The first-order valence-corrected chi connectivity index (χ1v) is 16.4. The van der Waals surface area contributed by atoms with Crippen molar-refractivity contribution in [3.63, 3.8) is 0 Å². The molecule has 9 heteroatoms. The molecule has 2 N–H and O–H groups in total. The zero-order valence-corrected chi connectivity index (χ0v) is 24.4. The van der Waals surface area contributed by atoms with E-state index < -0.39 is 27.8 Å². The lowest BCUT2D eigenvalue weighted by atomic mass is 9.93. The molecule has 2 atom stereocenters. The zero-order valence-electron chi connectivity index (χ0n) is 23.6. The lowest BCUT2D eigenvalue weighted by Gasteiger charge is -2.28. The van der Waals surface area contributed by atoms with Crippen LogP contribution in [-0.4, -0.2) is 73.6 Å². The summed E-state index contributed by atoms with van der Waals surface area (Å²) in [7, 11) is -3.37. The number of nitrogens with zero attached hydrogens (tertiary/aromatic N) is 1. The molecule has 1 heterocycles. The van der Waals surface area contributed by atoms with E-state index in [4.69, 9.17) is 4.74 Å². The van der Waals surface area contributed by atoms with Gasteiger partial charge in [0.25, 0.3) is 5.91 Å². The van der Waals surface area contributed by atoms with Gasteiger partial charge in [0.1, 0.15) is 15.9 Å². The molecule has 1 saturated carbocycles. The number of ether oxygens (including phenoxy) is 1. The minimum Gasteiger partial charge on any atom is -0.480 e. The summed E-state index contributed by atoms with van der Waals surface area (Å²) in [5.74, 6) is -2.12. The molecule has 0 aromatic heterocycles. The summed E-state index contributed by atoms with van der Waals surface area (Å²) in [4.78, 5) is 27.6. The Morgan fingerprint density at radius 2 is 1.78 bits per heavy atom. The van der Waals surface area contributed by atoms with Crippen molar-refractivity contribution in [2.45, 2.75) is 90.4 Å². The SMILES string of the molecule is C.Cc1ccccc1-c1cc(CN2CCC[C@H]2COC2CCCCC2)ccc1C(=O)N[C@@H](CCS(C)(=O)=O)C(=O)O. The van der Waals surface area contributed by atoms with E-state index in [1.807, 2.05) is 43.3 Å². The number of rotatable bonds is 12. The summed E-state index contributed by atoms with van der Waals surface area (Å²) >= 11 is 0. The Hall–Kier alpha value is -2.75. The van der Waals surface area contributed by atoms with Gasteiger partial charge in [0.2, 0.25) is 0 Å². The maximum atomic E-state index is 13.4. The van der Waals surface area contributed by atoms with Crippen LogP contribution in [0.3, 0.4) is 0 Å². The Bertz CT molecular complexity index is 1290. The molecule has 41 heavy (non-hydrogen) atoms. The van der Waals surface area contributed by atoms with Crippen molar-refractivity contribution < 1.29 is 27.9 Å². The molecule has 0 bridgehead atoms. The highest BCUT2D eigenvalue weighted by molar-refractivity contribution is 7.90. The second kappa shape index (κ2) is 14.9. The molecule has 1 aliphatic heterocycles. The third kappa shape index (κ3) is 9.38. The fraction of sp³-hybridized carbons (Fsp3) is 0.562. The van der Waals surface area contributed by atoms with Gasteiger partial charge in [-0.15, -0.1) is 0 Å². The summed E-state index contributed by atoms with van der Waals surface area (Å²) < 4.78 is 29.5.